The number of Topliss-reactive ketones (excluding diaryl/α,β-unsaturated/α-hetero) is 1. The lowest BCUT2D eigenvalue weighted by Gasteiger charge is -2.27. The highest BCUT2D eigenvalue weighted by Crippen LogP contribution is 2.32. The standard InChI is InChI=1S/C21H22F3NO2/c22-20-3-1-2-17(25-20)12-14-4-8-16(9-5-14)19(26)13-15-6-10-18(11-7-15)27-21(23)24/h1-3,6-7,10-11,14,16,21H,4-5,8-9,12-13H2. The fraction of sp³-hybridized carbons (Fsp3) is 0.429. The van der Waals surface area contributed by atoms with Gasteiger partial charge in [0.15, 0.2) is 0 Å². The third kappa shape index (κ3) is 5.81. The van der Waals surface area contributed by atoms with Crippen molar-refractivity contribution >= 4 is 5.78 Å². The monoisotopic (exact) mass is 377 g/mol. The molecular formula is C21H22F3NO2. The molecule has 0 saturated heterocycles. The van der Waals surface area contributed by atoms with Crippen LogP contribution in [0.1, 0.15) is 36.9 Å². The van der Waals surface area contributed by atoms with Gasteiger partial charge in [-0.1, -0.05) is 18.2 Å². The molecule has 3 rings (SSSR count). The van der Waals surface area contributed by atoms with Crippen molar-refractivity contribution in [3.63, 3.8) is 0 Å². The molecule has 0 N–H and O–H groups in total. The summed E-state index contributed by atoms with van der Waals surface area (Å²) in [5, 5.41) is 0. The van der Waals surface area contributed by atoms with E-state index in [9.17, 15) is 18.0 Å². The van der Waals surface area contributed by atoms with Crippen molar-refractivity contribution in [3.8, 4) is 5.75 Å². The van der Waals surface area contributed by atoms with Gasteiger partial charge >= 0.3 is 6.61 Å². The number of nitrogens with zero attached hydrogens (tertiary/aromatic N) is 1. The number of ketones is 1. The quantitative estimate of drug-likeness (QED) is 0.639. The lowest BCUT2D eigenvalue weighted by atomic mass is 9.77. The molecule has 27 heavy (non-hydrogen) atoms. The average molecular weight is 377 g/mol. The summed E-state index contributed by atoms with van der Waals surface area (Å²) in [7, 11) is 0. The normalized spacial score (nSPS) is 19.9. The molecule has 0 amide bonds. The Morgan fingerprint density at radius 1 is 1.07 bits per heavy atom. The van der Waals surface area contributed by atoms with Crippen LogP contribution in [0.25, 0.3) is 0 Å². The highest BCUT2D eigenvalue weighted by Gasteiger charge is 2.26. The molecule has 0 radical (unpaired) electrons. The van der Waals surface area contributed by atoms with E-state index in [0.717, 1.165) is 43.4 Å². The maximum absolute atomic E-state index is 13.2. The lowest BCUT2D eigenvalue weighted by Crippen LogP contribution is -2.24. The van der Waals surface area contributed by atoms with Crippen molar-refractivity contribution in [3.05, 3.63) is 59.7 Å². The molecule has 0 unspecified atom stereocenters. The second-order valence-corrected chi connectivity index (χ2v) is 7.04. The van der Waals surface area contributed by atoms with Crippen molar-refractivity contribution in [2.24, 2.45) is 11.8 Å². The molecule has 0 spiro atoms. The van der Waals surface area contributed by atoms with Gasteiger partial charge in [0, 0.05) is 18.0 Å². The lowest BCUT2D eigenvalue weighted by molar-refractivity contribution is -0.123. The number of carbonyl (C=O) groups excluding carboxylic acids is 1. The van der Waals surface area contributed by atoms with Gasteiger partial charge in [0.25, 0.3) is 0 Å². The first kappa shape index (κ1) is 19.4. The SMILES string of the molecule is O=C(Cc1ccc(OC(F)F)cc1)C1CCC(Cc2cccc(F)n2)CC1. The van der Waals surface area contributed by atoms with Crippen LogP contribution in [0.3, 0.4) is 0 Å². The zero-order valence-electron chi connectivity index (χ0n) is 14.9. The number of aromatic nitrogens is 1. The number of pyridine rings is 1. The Hall–Kier alpha value is -2.37. The van der Waals surface area contributed by atoms with Crippen molar-refractivity contribution < 1.29 is 22.7 Å². The number of hydrogen-bond acceptors (Lipinski definition) is 3. The number of hydrogen-bond donors (Lipinski definition) is 0. The predicted molar refractivity (Wildman–Crippen MR) is 95.1 cm³/mol. The third-order valence-electron chi connectivity index (χ3n) is 5.10. The van der Waals surface area contributed by atoms with Gasteiger partial charge in [-0.2, -0.15) is 13.2 Å². The molecule has 3 nitrogen and oxygen atoms in total. The molecule has 144 valence electrons. The van der Waals surface area contributed by atoms with Crippen LogP contribution < -0.4 is 4.74 Å². The Morgan fingerprint density at radius 3 is 2.41 bits per heavy atom. The van der Waals surface area contributed by atoms with Crippen LogP contribution in [-0.2, 0) is 17.6 Å². The van der Waals surface area contributed by atoms with Gasteiger partial charge in [0.2, 0.25) is 5.95 Å². The molecule has 1 heterocycles. The van der Waals surface area contributed by atoms with Gasteiger partial charge in [-0.25, -0.2) is 4.98 Å². The molecule has 1 aromatic carbocycles. The molecule has 1 aliphatic rings. The predicted octanol–water partition coefficient (Wildman–Crippen LogP) is 4.98. The Morgan fingerprint density at radius 2 is 1.78 bits per heavy atom. The smallest absolute Gasteiger partial charge is 0.387 e. The fourth-order valence-electron chi connectivity index (χ4n) is 3.68. The second kappa shape index (κ2) is 9.02. The van der Waals surface area contributed by atoms with Gasteiger partial charge in [-0.15, -0.1) is 0 Å². The minimum Gasteiger partial charge on any atom is -0.435 e. The minimum absolute atomic E-state index is 0.0266. The van der Waals surface area contributed by atoms with E-state index in [-0.39, 0.29) is 17.5 Å². The van der Waals surface area contributed by atoms with Gasteiger partial charge in [0.05, 0.1) is 0 Å². The molecule has 6 heteroatoms. The summed E-state index contributed by atoms with van der Waals surface area (Å²) in [5.74, 6) is 0.265. The van der Waals surface area contributed by atoms with E-state index < -0.39 is 12.6 Å². The molecule has 1 fully saturated rings. The van der Waals surface area contributed by atoms with E-state index in [1.165, 1.54) is 18.2 Å². The number of benzene rings is 1. The van der Waals surface area contributed by atoms with E-state index >= 15 is 0 Å². The molecule has 0 bridgehead atoms. The van der Waals surface area contributed by atoms with Gasteiger partial charge in [-0.3, -0.25) is 4.79 Å². The number of carbonyl (C=O) groups is 1. The summed E-state index contributed by atoms with van der Waals surface area (Å²) < 4.78 is 41.8. The van der Waals surface area contributed by atoms with E-state index in [4.69, 9.17) is 0 Å². The van der Waals surface area contributed by atoms with Crippen LogP contribution in [0.5, 0.6) is 5.75 Å². The van der Waals surface area contributed by atoms with E-state index in [1.807, 2.05) is 6.07 Å². The average Bonchev–Trinajstić information content (AvgIpc) is 2.63. The van der Waals surface area contributed by atoms with Crippen LogP contribution in [-0.4, -0.2) is 17.4 Å². The number of rotatable bonds is 7. The summed E-state index contributed by atoms with van der Waals surface area (Å²) in [5.41, 5.74) is 1.56. The molecule has 1 aliphatic carbocycles. The summed E-state index contributed by atoms with van der Waals surface area (Å²) >= 11 is 0. The molecule has 1 saturated carbocycles. The van der Waals surface area contributed by atoms with Crippen LogP contribution in [0, 0.1) is 17.8 Å². The first-order valence-corrected chi connectivity index (χ1v) is 9.17. The minimum atomic E-state index is -2.85. The topological polar surface area (TPSA) is 39.2 Å². The van der Waals surface area contributed by atoms with E-state index in [2.05, 4.69) is 9.72 Å². The van der Waals surface area contributed by atoms with Crippen LogP contribution in [0.4, 0.5) is 13.2 Å². The number of alkyl halides is 2. The highest BCUT2D eigenvalue weighted by molar-refractivity contribution is 5.83. The van der Waals surface area contributed by atoms with Crippen molar-refractivity contribution in [1.82, 2.24) is 4.98 Å². The van der Waals surface area contributed by atoms with E-state index in [0.29, 0.717) is 12.3 Å². The molecule has 1 aromatic heterocycles. The summed E-state index contributed by atoms with van der Waals surface area (Å²) in [4.78, 5) is 16.4. The first-order valence-electron chi connectivity index (χ1n) is 9.17. The van der Waals surface area contributed by atoms with Crippen LogP contribution in [0.2, 0.25) is 0 Å². The zero-order valence-corrected chi connectivity index (χ0v) is 14.9. The van der Waals surface area contributed by atoms with Crippen LogP contribution in [0.15, 0.2) is 42.5 Å². The summed E-state index contributed by atoms with van der Waals surface area (Å²) in [6.45, 7) is -2.85. The molecule has 0 aliphatic heterocycles. The Labute approximate surface area is 156 Å². The Bertz CT molecular complexity index is 756. The Balaban J connectivity index is 1.47. The summed E-state index contributed by atoms with van der Waals surface area (Å²) in [6, 6.07) is 11.1. The van der Waals surface area contributed by atoms with Gasteiger partial charge in [0.1, 0.15) is 11.5 Å². The molecule has 2 aromatic rings. The fourth-order valence-corrected chi connectivity index (χ4v) is 3.68. The van der Waals surface area contributed by atoms with Gasteiger partial charge < -0.3 is 4.74 Å². The molecule has 0 atom stereocenters. The van der Waals surface area contributed by atoms with E-state index in [1.54, 1.807) is 18.2 Å². The zero-order chi connectivity index (χ0) is 19.2. The van der Waals surface area contributed by atoms with Crippen LogP contribution >= 0.6 is 0 Å². The van der Waals surface area contributed by atoms with Crippen molar-refractivity contribution in [2.45, 2.75) is 45.1 Å². The third-order valence-corrected chi connectivity index (χ3v) is 5.10. The maximum atomic E-state index is 13.2. The van der Waals surface area contributed by atoms with Crippen molar-refractivity contribution in [2.75, 3.05) is 0 Å². The van der Waals surface area contributed by atoms with Gasteiger partial charge in [-0.05, 0) is 67.9 Å². The largest absolute Gasteiger partial charge is 0.435 e. The second-order valence-electron chi connectivity index (χ2n) is 7.04. The molecular weight excluding hydrogens is 355 g/mol. The van der Waals surface area contributed by atoms with Crippen molar-refractivity contribution in [1.29, 1.82) is 0 Å². The maximum Gasteiger partial charge on any atom is 0.387 e. The number of halogens is 3. The Kier molecular flexibility index (Phi) is 6.48. The highest BCUT2D eigenvalue weighted by atomic mass is 19.3. The number of ether oxygens (including phenoxy) is 1. The summed E-state index contributed by atoms with van der Waals surface area (Å²) in [6.07, 6.45) is 4.54. The first-order chi connectivity index (χ1) is 13.0.